The number of carbonyl (C=O) groups is 1. The van der Waals surface area contributed by atoms with Crippen LogP contribution in [0, 0.1) is 0 Å². The summed E-state index contributed by atoms with van der Waals surface area (Å²) in [6.45, 7) is 9.22. The van der Waals surface area contributed by atoms with E-state index in [2.05, 4.69) is 45.1 Å². The summed E-state index contributed by atoms with van der Waals surface area (Å²) in [4.78, 5) is 15.4. The summed E-state index contributed by atoms with van der Waals surface area (Å²) in [6, 6.07) is 16.0. The van der Waals surface area contributed by atoms with Crippen LogP contribution in [0.3, 0.4) is 0 Å². The maximum Gasteiger partial charge on any atom is 0.258 e. The van der Waals surface area contributed by atoms with Crippen LogP contribution in [0.15, 0.2) is 48.5 Å². The molecule has 1 amide bonds. The summed E-state index contributed by atoms with van der Waals surface area (Å²) >= 11 is 0. The van der Waals surface area contributed by atoms with Crippen molar-refractivity contribution in [2.75, 3.05) is 11.9 Å². The SMILES string of the molecule is CCCCN1C(=O)c2ccccc2NC1(CC)c1ccc(OC(C)CC)cc1. The Morgan fingerprint density at radius 3 is 2.43 bits per heavy atom. The maximum absolute atomic E-state index is 13.4. The zero-order chi connectivity index (χ0) is 20.1. The lowest BCUT2D eigenvalue weighted by Gasteiger charge is -2.48. The highest BCUT2D eigenvalue weighted by Crippen LogP contribution is 2.40. The molecule has 0 aliphatic carbocycles. The third-order valence-electron chi connectivity index (χ3n) is 5.70. The fourth-order valence-electron chi connectivity index (χ4n) is 3.83. The number of nitrogens with one attached hydrogen (secondary N) is 1. The highest BCUT2D eigenvalue weighted by atomic mass is 16.5. The number of ether oxygens (including phenoxy) is 1. The normalized spacial score (nSPS) is 19.7. The van der Waals surface area contributed by atoms with E-state index in [0.717, 1.165) is 54.8 Å². The molecule has 4 nitrogen and oxygen atoms in total. The summed E-state index contributed by atoms with van der Waals surface area (Å²) in [5.74, 6) is 0.969. The van der Waals surface area contributed by atoms with E-state index >= 15 is 0 Å². The number of rotatable bonds is 8. The molecule has 0 aromatic heterocycles. The number of unbranched alkanes of at least 4 members (excludes halogenated alkanes) is 1. The summed E-state index contributed by atoms with van der Waals surface area (Å²) < 4.78 is 5.94. The van der Waals surface area contributed by atoms with Crippen molar-refractivity contribution in [1.29, 1.82) is 0 Å². The molecule has 0 spiro atoms. The van der Waals surface area contributed by atoms with Crippen molar-refractivity contribution >= 4 is 11.6 Å². The zero-order valence-corrected chi connectivity index (χ0v) is 17.5. The van der Waals surface area contributed by atoms with Gasteiger partial charge in [0.05, 0.1) is 11.7 Å². The van der Waals surface area contributed by atoms with Crippen LogP contribution in [0.25, 0.3) is 0 Å². The predicted molar refractivity (Wildman–Crippen MR) is 115 cm³/mol. The largest absolute Gasteiger partial charge is 0.491 e. The molecule has 28 heavy (non-hydrogen) atoms. The number of anilines is 1. The molecule has 2 atom stereocenters. The number of para-hydroxylation sites is 1. The Kier molecular flexibility index (Phi) is 6.28. The van der Waals surface area contributed by atoms with E-state index in [1.807, 2.05) is 41.3 Å². The Labute approximate surface area is 168 Å². The molecule has 1 aliphatic rings. The molecule has 0 saturated carbocycles. The van der Waals surface area contributed by atoms with Crippen LogP contribution in [0.1, 0.15) is 69.3 Å². The van der Waals surface area contributed by atoms with Gasteiger partial charge < -0.3 is 15.0 Å². The lowest BCUT2D eigenvalue weighted by molar-refractivity contribution is 0.0478. The van der Waals surface area contributed by atoms with Gasteiger partial charge in [-0.15, -0.1) is 0 Å². The van der Waals surface area contributed by atoms with Crippen LogP contribution in [-0.2, 0) is 5.66 Å². The molecule has 0 bridgehead atoms. The second kappa shape index (κ2) is 8.68. The van der Waals surface area contributed by atoms with Gasteiger partial charge in [-0.25, -0.2) is 0 Å². The average Bonchev–Trinajstić information content (AvgIpc) is 2.73. The summed E-state index contributed by atoms with van der Waals surface area (Å²) in [5.41, 5.74) is 2.20. The molecule has 0 saturated heterocycles. The van der Waals surface area contributed by atoms with Gasteiger partial charge in [0.25, 0.3) is 5.91 Å². The molecule has 0 fully saturated rings. The van der Waals surface area contributed by atoms with Gasteiger partial charge in [-0.05, 0) is 56.0 Å². The minimum Gasteiger partial charge on any atom is -0.491 e. The Hall–Kier alpha value is -2.49. The molecular formula is C24H32N2O2. The van der Waals surface area contributed by atoms with Gasteiger partial charge >= 0.3 is 0 Å². The van der Waals surface area contributed by atoms with Gasteiger partial charge in [0, 0.05) is 12.2 Å². The summed E-state index contributed by atoms with van der Waals surface area (Å²) in [7, 11) is 0. The Bertz CT molecular complexity index is 803. The highest BCUT2D eigenvalue weighted by molar-refractivity contribution is 6.02. The van der Waals surface area contributed by atoms with Crippen molar-refractivity contribution in [1.82, 2.24) is 4.90 Å². The monoisotopic (exact) mass is 380 g/mol. The topological polar surface area (TPSA) is 41.6 Å². The molecule has 1 N–H and O–H groups in total. The van der Waals surface area contributed by atoms with Gasteiger partial charge in [0.1, 0.15) is 11.4 Å². The van der Waals surface area contributed by atoms with Crippen molar-refractivity contribution in [3.05, 3.63) is 59.7 Å². The van der Waals surface area contributed by atoms with E-state index in [4.69, 9.17) is 4.74 Å². The molecule has 0 radical (unpaired) electrons. The molecular weight excluding hydrogens is 348 g/mol. The number of fused-ring (bicyclic) bond motifs is 1. The second-order valence-corrected chi connectivity index (χ2v) is 7.56. The number of nitrogens with zero attached hydrogens (tertiary/aromatic N) is 1. The second-order valence-electron chi connectivity index (χ2n) is 7.56. The highest BCUT2D eigenvalue weighted by Gasteiger charge is 2.44. The zero-order valence-electron chi connectivity index (χ0n) is 17.5. The van der Waals surface area contributed by atoms with Gasteiger partial charge in [-0.2, -0.15) is 0 Å². The molecule has 4 heteroatoms. The van der Waals surface area contributed by atoms with Crippen LogP contribution >= 0.6 is 0 Å². The van der Waals surface area contributed by atoms with Gasteiger partial charge in [0.2, 0.25) is 0 Å². The third-order valence-corrected chi connectivity index (χ3v) is 5.70. The van der Waals surface area contributed by atoms with Crippen molar-refractivity contribution in [3.8, 4) is 5.75 Å². The van der Waals surface area contributed by atoms with E-state index in [0.29, 0.717) is 0 Å². The molecule has 2 unspecified atom stereocenters. The molecule has 3 rings (SSSR count). The standard InChI is InChI=1S/C24H32N2O2/c1-5-8-17-26-23(27)21-11-9-10-12-22(21)25-24(26,7-3)19-13-15-20(16-14-19)28-18(4)6-2/h9-16,18,25H,5-8,17H2,1-4H3. The summed E-state index contributed by atoms with van der Waals surface area (Å²) in [6.07, 6.45) is 3.97. The van der Waals surface area contributed by atoms with Crippen LogP contribution < -0.4 is 10.1 Å². The van der Waals surface area contributed by atoms with E-state index in [1.54, 1.807) is 0 Å². The fraction of sp³-hybridized carbons (Fsp3) is 0.458. The first-order valence-corrected chi connectivity index (χ1v) is 10.5. The Morgan fingerprint density at radius 1 is 1.07 bits per heavy atom. The predicted octanol–water partition coefficient (Wildman–Crippen LogP) is 5.79. The average molecular weight is 381 g/mol. The number of benzene rings is 2. The molecule has 1 aliphatic heterocycles. The van der Waals surface area contributed by atoms with Crippen LogP contribution in [0.4, 0.5) is 5.69 Å². The minimum atomic E-state index is -0.546. The first-order valence-electron chi connectivity index (χ1n) is 10.5. The molecule has 1 heterocycles. The van der Waals surface area contributed by atoms with Crippen molar-refractivity contribution in [2.24, 2.45) is 0 Å². The quantitative estimate of drug-likeness (QED) is 0.630. The van der Waals surface area contributed by atoms with Crippen molar-refractivity contribution in [3.63, 3.8) is 0 Å². The fourth-order valence-corrected chi connectivity index (χ4v) is 3.83. The molecule has 2 aromatic rings. The number of carbonyl (C=O) groups excluding carboxylic acids is 1. The van der Waals surface area contributed by atoms with Crippen LogP contribution in [-0.4, -0.2) is 23.5 Å². The number of amides is 1. The summed E-state index contributed by atoms with van der Waals surface area (Å²) in [5, 5.41) is 3.70. The Morgan fingerprint density at radius 2 is 1.79 bits per heavy atom. The lowest BCUT2D eigenvalue weighted by atomic mass is 9.89. The molecule has 150 valence electrons. The Balaban J connectivity index is 2.01. The van der Waals surface area contributed by atoms with Crippen LogP contribution in [0.2, 0.25) is 0 Å². The van der Waals surface area contributed by atoms with Gasteiger partial charge in [-0.1, -0.05) is 51.5 Å². The van der Waals surface area contributed by atoms with Crippen molar-refractivity contribution < 1.29 is 9.53 Å². The van der Waals surface area contributed by atoms with E-state index in [1.165, 1.54) is 0 Å². The maximum atomic E-state index is 13.4. The number of hydrogen-bond donors (Lipinski definition) is 1. The first-order chi connectivity index (χ1) is 13.6. The van der Waals surface area contributed by atoms with Gasteiger partial charge in [-0.3, -0.25) is 4.79 Å². The third kappa shape index (κ3) is 3.73. The van der Waals surface area contributed by atoms with Crippen molar-refractivity contribution in [2.45, 2.75) is 65.1 Å². The van der Waals surface area contributed by atoms with E-state index < -0.39 is 5.66 Å². The lowest BCUT2D eigenvalue weighted by Crippen LogP contribution is -2.57. The van der Waals surface area contributed by atoms with Gasteiger partial charge in [0.15, 0.2) is 0 Å². The minimum absolute atomic E-state index is 0.101. The number of hydrogen-bond acceptors (Lipinski definition) is 3. The molecule has 2 aromatic carbocycles. The van der Waals surface area contributed by atoms with Crippen LogP contribution in [0.5, 0.6) is 5.75 Å². The van der Waals surface area contributed by atoms with E-state index in [9.17, 15) is 4.79 Å². The smallest absolute Gasteiger partial charge is 0.258 e. The van der Waals surface area contributed by atoms with E-state index in [-0.39, 0.29) is 12.0 Å². The first kappa shape index (κ1) is 20.2.